The van der Waals surface area contributed by atoms with Crippen molar-refractivity contribution in [3.8, 4) is 0 Å². The Balaban J connectivity index is 1.85. The Hall–Kier alpha value is -1.72. The van der Waals surface area contributed by atoms with Crippen LogP contribution in [0.25, 0.3) is 0 Å². The molecule has 1 fully saturated rings. The lowest BCUT2D eigenvalue weighted by atomic mass is 9.79. The van der Waals surface area contributed by atoms with E-state index in [1.807, 2.05) is 0 Å². The lowest BCUT2D eigenvalue weighted by molar-refractivity contribution is -0.117. The van der Waals surface area contributed by atoms with Gasteiger partial charge in [0.05, 0.1) is 0 Å². The number of aromatic nitrogens is 3. The number of nitrogens with zero attached hydrogens (tertiary/aromatic N) is 2. The molecule has 1 aliphatic carbocycles. The summed E-state index contributed by atoms with van der Waals surface area (Å²) in [6, 6.07) is 0. The molecule has 19 heavy (non-hydrogen) atoms. The lowest BCUT2D eigenvalue weighted by Crippen LogP contribution is -2.24. The fraction of sp³-hybridized carbons (Fsp3) is 0.692. The number of amides is 1. The van der Waals surface area contributed by atoms with Crippen LogP contribution >= 0.6 is 0 Å². The van der Waals surface area contributed by atoms with E-state index in [0.717, 1.165) is 6.20 Å². The van der Waals surface area contributed by atoms with Crippen LogP contribution in [0, 0.1) is 11.8 Å². The predicted molar refractivity (Wildman–Crippen MR) is 71.6 cm³/mol. The van der Waals surface area contributed by atoms with Gasteiger partial charge in [-0.2, -0.15) is 0 Å². The number of anilines is 1. The molecule has 6 nitrogen and oxygen atoms in total. The Labute approximate surface area is 112 Å². The summed E-state index contributed by atoms with van der Waals surface area (Å²) < 4.78 is 0. The molecule has 0 unspecified atom stereocenters. The number of H-pyrrole nitrogens is 1. The highest BCUT2D eigenvalue weighted by atomic mass is 16.2. The maximum atomic E-state index is 11.9. The van der Waals surface area contributed by atoms with Gasteiger partial charge in [0.15, 0.2) is 0 Å². The summed E-state index contributed by atoms with van der Waals surface area (Å²) in [5.74, 6) is 1.01. The van der Waals surface area contributed by atoms with Gasteiger partial charge >= 0.3 is 0 Å². The van der Waals surface area contributed by atoms with Gasteiger partial charge in [0.25, 0.3) is 5.56 Å². The number of hydrogen-bond acceptors (Lipinski definition) is 4. The van der Waals surface area contributed by atoms with Crippen molar-refractivity contribution in [3.05, 3.63) is 16.6 Å². The first kappa shape index (κ1) is 13.7. The van der Waals surface area contributed by atoms with Crippen molar-refractivity contribution in [1.82, 2.24) is 15.2 Å². The summed E-state index contributed by atoms with van der Waals surface area (Å²) in [6.45, 7) is 2.12. The molecule has 0 bridgehead atoms. The molecule has 1 atom stereocenters. The van der Waals surface area contributed by atoms with Crippen LogP contribution in [0.4, 0.5) is 5.95 Å². The molecule has 6 heteroatoms. The normalized spacial score (nSPS) is 17.9. The third-order valence-electron chi connectivity index (χ3n) is 3.79. The zero-order chi connectivity index (χ0) is 13.7. The molecule has 1 aliphatic rings. The molecular weight excluding hydrogens is 244 g/mol. The molecule has 1 saturated carbocycles. The van der Waals surface area contributed by atoms with Crippen LogP contribution in [0.5, 0.6) is 0 Å². The van der Waals surface area contributed by atoms with Crippen LogP contribution in [0.3, 0.4) is 0 Å². The summed E-state index contributed by atoms with van der Waals surface area (Å²) in [5.41, 5.74) is -0.370. The van der Waals surface area contributed by atoms with Crippen molar-refractivity contribution >= 4 is 11.9 Å². The Kier molecular flexibility index (Phi) is 4.65. The van der Waals surface area contributed by atoms with Crippen LogP contribution in [-0.2, 0) is 4.79 Å². The summed E-state index contributed by atoms with van der Waals surface area (Å²) in [7, 11) is 0. The second-order valence-electron chi connectivity index (χ2n) is 5.31. The Morgan fingerprint density at radius 2 is 2.21 bits per heavy atom. The van der Waals surface area contributed by atoms with Gasteiger partial charge in [0.2, 0.25) is 11.9 Å². The SMILES string of the molecule is C[C@@H](CC(=O)Nc1nncc(=O)[nH]1)C1CCCCC1. The highest BCUT2D eigenvalue weighted by Crippen LogP contribution is 2.31. The van der Waals surface area contributed by atoms with E-state index in [-0.39, 0.29) is 17.4 Å². The summed E-state index contributed by atoms with van der Waals surface area (Å²) in [5, 5.41) is 9.74. The van der Waals surface area contributed by atoms with Gasteiger partial charge in [-0.05, 0) is 11.8 Å². The van der Waals surface area contributed by atoms with Crippen molar-refractivity contribution in [2.45, 2.75) is 45.4 Å². The van der Waals surface area contributed by atoms with E-state index in [2.05, 4.69) is 27.4 Å². The average molecular weight is 264 g/mol. The topological polar surface area (TPSA) is 87.7 Å². The number of hydrogen-bond donors (Lipinski definition) is 2. The van der Waals surface area contributed by atoms with E-state index in [0.29, 0.717) is 18.3 Å². The minimum atomic E-state index is -0.370. The van der Waals surface area contributed by atoms with E-state index in [4.69, 9.17) is 0 Å². The molecule has 1 aromatic rings. The highest BCUT2D eigenvalue weighted by Gasteiger charge is 2.22. The molecule has 2 rings (SSSR count). The van der Waals surface area contributed by atoms with Crippen molar-refractivity contribution < 1.29 is 4.79 Å². The van der Waals surface area contributed by atoms with Crippen LogP contribution in [0.1, 0.15) is 45.4 Å². The van der Waals surface area contributed by atoms with Gasteiger partial charge in [-0.25, -0.2) is 0 Å². The van der Waals surface area contributed by atoms with Gasteiger partial charge in [-0.3, -0.25) is 19.9 Å². The van der Waals surface area contributed by atoms with Crippen LogP contribution in [-0.4, -0.2) is 21.1 Å². The zero-order valence-electron chi connectivity index (χ0n) is 11.2. The molecule has 1 aromatic heterocycles. The first-order valence-electron chi connectivity index (χ1n) is 6.87. The number of nitrogens with one attached hydrogen (secondary N) is 2. The van der Waals surface area contributed by atoms with E-state index in [9.17, 15) is 9.59 Å². The second-order valence-corrected chi connectivity index (χ2v) is 5.31. The molecule has 0 aliphatic heterocycles. The molecule has 1 amide bonds. The monoisotopic (exact) mass is 264 g/mol. The van der Waals surface area contributed by atoms with Crippen LogP contribution < -0.4 is 10.9 Å². The minimum absolute atomic E-state index is 0.116. The van der Waals surface area contributed by atoms with Crippen LogP contribution in [0.15, 0.2) is 11.0 Å². The number of aromatic amines is 1. The highest BCUT2D eigenvalue weighted by molar-refractivity contribution is 5.88. The van der Waals surface area contributed by atoms with Gasteiger partial charge < -0.3 is 0 Å². The van der Waals surface area contributed by atoms with E-state index < -0.39 is 0 Å². The van der Waals surface area contributed by atoms with E-state index in [1.165, 1.54) is 32.1 Å². The van der Waals surface area contributed by atoms with Crippen molar-refractivity contribution in [2.75, 3.05) is 5.32 Å². The Morgan fingerprint density at radius 3 is 2.89 bits per heavy atom. The predicted octanol–water partition coefficient (Wildman–Crippen LogP) is 1.71. The van der Waals surface area contributed by atoms with Gasteiger partial charge in [-0.15, -0.1) is 10.2 Å². The first-order valence-corrected chi connectivity index (χ1v) is 6.87. The molecule has 0 saturated heterocycles. The number of carbonyl (C=O) groups is 1. The van der Waals surface area contributed by atoms with Crippen molar-refractivity contribution in [3.63, 3.8) is 0 Å². The molecule has 2 N–H and O–H groups in total. The fourth-order valence-corrected chi connectivity index (χ4v) is 2.71. The summed E-state index contributed by atoms with van der Waals surface area (Å²) in [6.07, 6.45) is 7.83. The van der Waals surface area contributed by atoms with Crippen molar-refractivity contribution in [2.24, 2.45) is 11.8 Å². The number of carbonyl (C=O) groups excluding carboxylic acids is 1. The average Bonchev–Trinajstić information content (AvgIpc) is 2.39. The van der Waals surface area contributed by atoms with Gasteiger partial charge in [0, 0.05) is 6.42 Å². The quantitative estimate of drug-likeness (QED) is 0.866. The van der Waals surface area contributed by atoms with Crippen molar-refractivity contribution in [1.29, 1.82) is 0 Å². The van der Waals surface area contributed by atoms with Gasteiger partial charge in [-0.1, -0.05) is 39.0 Å². The minimum Gasteiger partial charge on any atom is -0.295 e. The third kappa shape index (κ3) is 4.15. The standard InChI is InChI=1S/C13H20N4O2/c1-9(10-5-3-2-4-6-10)7-11(18)15-13-16-12(19)8-14-17-13/h8-10H,2-7H2,1H3,(H2,15,16,17,18,19)/t9-/m0/s1. The zero-order valence-corrected chi connectivity index (χ0v) is 11.2. The lowest BCUT2D eigenvalue weighted by Gasteiger charge is -2.27. The molecular formula is C13H20N4O2. The summed E-state index contributed by atoms with van der Waals surface area (Å²) >= 11 is 0. The molecule has 0 spiro atoms. The van der Waals surface area contributed by atoms with E-state index >= 15 is 0 Å². The Bertz CT molecular complexity index is 480. The van der Waals surface area contributed by atoms with E-state index in [1.54, 1.807) is 0 Å². The maximum absolute atomic E-state index is 11.9. The maximum Gasteiger partial charge on any atom is 0.271 e. The molecule has 0 radical (unpaired) electrons. The first-order chi connectivity index (χ1) is 9.15. The Morgan fingerprint density at radius 1 is 1.47 bits per heavy atom. The van der Waals surface area contributed by atoms with Crippen LogP contribution in [0.2, 0.25) is 0 Å². The molecule has 0 aromatic carbocycles. The third-order valence-corrected chi connectivity index (χ3v) is 3.79. The molecule has 1 heterocycles. The van der Waals surface area contributed by atoms with Gasteiger partial charge in [0.1, 0.15) is 6.20 Å². The summed E-state index contributed by atoms with van der Waals surface area (Å²) in [4.78, 5) is 25.3. The second kappa shape index (κ2) is 6.45. The molecule has 104 valence electrons. The fourth-order valence-electron chi connectivity index (χ4n) is 2.71. The smallest absolute Gasteiger partial charge is 0.271 e. The largest absolute Gasteiger partial charge is 0.295 e. The number of rotatable bonds is 4.